The third-order valence-corrected chi connectivity index (χ3v) is 3.72. The summed E-state index contributed by atoms with van der Waals surface area (Å²) >= 11 is 0. The molecule has 4 nitrogen and oxygen atoms in total. The molecule has 0 atom stereocenters. The van der Waals surface area contributed by atoms with Gasteiger partial charge >= 0.3 is 0 Å². The molecule has 0 saturated carbocycles. The minimum atomic E-state index is 0.413. The standard InChI is InChI=1S/C19H17N3O/c1-23-13-15-7-3-2-6-14(15)12-21-19-10-16(11-20)22-18-9-5-4-8-17(18)19/h2-10H,12-13H2,1H3,(H,21,22). The normalized spacial score (nSPS) is 10.4. The maximum atomic E-state index is 9.16. The lowest BCUT2D eigenvalue weighted by molar-refractivity contribution is 0.184. The van der Waals surface area contributed by atoms with Crippen molar-refractivity contribution < 1.29 is 4.74 Å². The van der Waals surface area contributed by atoms with Crippen molar-refractivity contribution in [2.75, 3.05) is 12.4 Å². The second-order valence-electron chi connectivity index (χ2n) is 5.24. The van der Waals surface area contributed by atoms with Crippen LogP contribution in [0.4, 0.5) is 5.69 Å². The number of hydrogen-bond donors (Lipinski definition) is 1. The van der Waals surface area contributed by atoms with Gasteiger partial charge in [0.15, 0.2) is 0 Å². The number of benzene rings is 2. The highest BCUT2D eigenvalue weighted by molar-refractivity contribution is 5.91. The maximum absolute atomic E-state index is 9.16. The van der Waals surface area contributed by atoms with E-state index in [1.54, 1.807) is 13.2 Å². The lowest BCUT2D eigenvalue weighted by atomic mass is 10.1. The molecule has 0 fully saturated rings. The van der Waals surface area contributed by atoms with Crippen LogP contribution in [0.25, 0.3) is 10.9 Å². The van der Waals surface area contributed by atoms with Crippen LogP contribution in [0.5, 0.6) is 0 Å². The zero-order chi connectivity index (χ0) is 16.1. The van der Waals surface area contributed by atoms with Gasteiger partial charge in [-0.05, 0) is 23.3 Å². The SMILES string of the molecule is COCc1ccccc1CNc1cc(C#N)nc2ccccc12. The van der Waals surface area contributed by atoms with Crippen LogP contribution in [0, 0.1) is 11.3 Å². The van der Waals surface area contributed by atoms with Crippen molar-refractivity contribution in [3.05, 3.63) is 71.4 Å². The van der Waals surface area contributed by atoms with E-state index in [-0.39, 0.29) is 0 Å². The zero-order valence-electron chi connectivity index (χ0n) is 12.9. The van der Waals surface area contributed by atoms with Crippen LogP contribution < -0.4 is 5.32 Å². The van der Waals surface area contributed by atoms with Gasteiger partial charge in [-0.1, -0.05) is 42.5 Å². The summed E-state index contributed by atoms with van der Waals surface area (Å²) in [5.74, 6) is 0. The predicted octanol–water partition coefficient (Wildman–Crippen LogP) is 3.86. The average molecular weight is 303 g/mol. The molecule has 1 heterocycles. The number of rotatable bonds is 5. The Kier molecular flexibility index (Phi) is 4.51. The Morgan fingerprint density at radius 3 is 2.61 bits per heavy atom. The fourth-order valence-electron chi connectivity index (χ4n) is 2.60. The molecular weight excluding hydrogens is 286 g/mol. The van der Waals surface area contributed by atoms with Crippen LogP contribution in [-0.2, 0) is 17.9 Å². The number of nitrogens with one attached hydrogen (secondary N) is 1. The van der Waals surface area contributed by atoms with Crippen molar-refractivity contribution in [1.29, 1.82) is 5.26 Å². The van der Waals surface area contributed by atoms with Gasteiger partial charge in [-0.25, -0.2) is 4.98 Å². The fraction of sp³-hybridized carbons (Fsp3) is 0.158. The summed E-state index contributed by atoms with van der Waals surface area (Å²) in [6.07, 6.45) is 0. The molecule has 1 N–H and O–H groups in total. The second-order valence-corrected chi connectivity index (χ2v) is 5.24. The van der Waals surface area contributed by atoms with Crippen LogP contribution in [0.15, 0.2) is 54.6 Å². The van der Waals surface area contributed by atoms with Crippen molar-refractivity contribution in [2.24, 2.45) is 0 Å². The Hall–Kier alpha value is -2.90. The molecule has 23 heavy (non-hydrogen) atoms. The van der Waals surface area contributed by atoms with E-state index in [0.717, 1.165) is 22.2 Å². The first-order chi connectivity index (χ1) is 11.3. The quantitative estimate of drug-likeness (QED) is 0.777. The molecule has 1 aromatic heterocycles. The highest BCUT2D eigenvalue weighted by atomic mass is 16.5. The molecule has 0 aliphatic heterocycles. The Balaban J connectivity index is 1.92. The predicted molar refractivity (Wildman–Crippen MR) is 90.9 cm³/mol. The third-order valence-electron chi connectivity index (χ3n) is 3.72. The number of aromatic nitrogens is 1. The molecule has 3 rings (SSSR count). The van der Waals surface area contributed by atoms with Gasteiger partial charge in [0.2, 0.25) is 0 Å². The average Bonchev–Trinajstić information content (AvgIpc) is 2.60. The molecule has 0 unspecified atom stereocenters. The number of methoxy groups -OCH3 is 1. The summed E-state index contributed by atoms with van der Waals surface area (Å²) in [6.45, 7) is 1.25. The topological polar surface area (TPSA) is 57.9 Å². The summed E-state index contributed by atoms with van der Waals surface area (Å²) in [5.41, 5.74) is 4.48. The largest absolute Gasteiger partial charge is 0.380 e. The molecule has 0 radical (unpaired) electrons. The van der Waals surface area contributed by atoms with Crippen LogP contribution in [0.2, 0.25) is 0 Å². The van der Waals surface area contributed by atoms with E-state index >= 15 is 0 Å². The Bertz CT molecular complexity index is 868. The van der Waals surface area contributed by atoms with E-state index in [1.165, 1.54) is 5.56 Å². The molecular formula is C19H17N3O. The molecule has 0 saturated heterocycles. The van der Waals surface area contributed by atoms with Crippen molar-refractivity contribution in [1.82, 2.24) is 4.98 Å². The van der Waals surface area contributed by atoms with Crippen molar-refractivity contribution in [3.63, 3.8) is 0 Å². The van der Waals surface area contributed by atoms with Gasteiger partial charge in [0, 0.05) is 24.7 Å². The van der Waals surface area contributed by atoms with Crippen molar-refractivity contribution >= 4 is 16.6 Å². The molecule has 0 spiro atoms. The van der Waals surface area contributed by atoms with Crippen LogP contribution in [0.1, 0.15) is 16.8 Å². The molecule has 114 valence electrons. The minimum absolute atomic E-state index is 0.413. The van der Waals surface area contributed by atoms with Crippen molar-refractivity contribution in [2.45, 2.75) is 13.2 Å². The molecule has 4 heteroatoms. The summed E-state index contributed by atoms with van der Waals surface area (Å²) in [4.78, 5) is 4.34. The van der Waals surface area contributed by atoms with Gasteiger partial charge in [-0.2, -0.15) is 5.26 Å². The molecule has 0 aliphatic carbocycles. The van der Waals surface area contributed by atoms with Crippen molar-refractivity contribution in [3.8, 4) is 6.07 Å². The van der Waals surface area contributed by atoms with E-state index in [9.17, 15) is 0 Å². The van der Waals surface area contributed by atoms with E-state index in [0.29, 0.717) is 18.8 Å². The lowest BCUT2D eigenvalue weighted by Crippen LogP contribution is -2.05. The highest BCUT2D eigenvalue weighted by Gasteiger charge is 2.07. The second kappa shape index (κ2) is 6.91. The van der Waals surface area contributed by atoms with Gasteiger partial charge in [0.05, 0.1) is 12.1 Å². The molecule has 0 bridgehead atoms. The van der Waals surface area contributed by atoms with E-state index in [1.807, 2.05) is 36.4 Å². The molecule has 0 amide bonds. The molecule has 3 aromatic rings. The van der Waals surface area contributed by atoms with Gasteiger partial charge in [0.1, 0.15) is 11.8 Å². The van der Waals surface area contributed by atoms with Crippen LogP contribution in [-0.4, -0.2) is 12.1 Å². The number of ether oxygens (including phenoxy) is 1. The Labute approximate surface area is 135 Å². The summed E-state index contributed by atoms with van der Waals surface area (Å²) < 4.78 is 5.25. The van der Waals surface area contributed by atoms with E-state index in [4.69, 9.17) is 10.00 Å². The highest BCUT2D eigenvalue weighted by Crippen LogP contribution is 2.24. The summed E-state index contributed by atoms with van der Waals surface area (Å²) in [6, 6.07) is 19.9. The summed E-state index contributed by atoms with van der Waals surface area (Å²) in [7, 11) is 1.69. The van der Waals surface area contributed by atoms with Crippen LogP contribution in [0.3, 0.4) is 0 Å². The smallest absolute Gasteiger partial charge is 0.143 e. The first-order valence-corrected chi connectivity index (χ1v) is 7.41. The number of para-hydroxylation sites is 1. The van der Waals surface area contributed by atoms with E-state index < -0.39 is 0 Å². The number of nitriles is 1. The Morgan fingerprint density at radius 1 is 1.09 bits per heavy atom. The van der Waals surface area contributed by atoms with Gasteiger partial charge in [-0.15, -0.1) is 0 Å². The first-order valence-electron chi connectivity index (χ1n) is 7.41. The Morgan fingerprint density at radius 2 is 1.83 bits per heavy atom. The zero-order valence-corrected chi connectivity index (χ0v) is 12.9. The number of nitrogens with zero attached hydrogens (tertiary/aromatic N) is 2. The maximum Gasteiger partial charge on any atom is 0.143 e. The number of fused-ring (bicyclic) bond motifs is 1. The molecule has 2 aromatic carbocycles. The number of pyridine rings is 1. The van der Waals surface area contributed by atoms with E-state index in [2.05, 4.69) is 28.5 Å². The minimum Gasteiger partial charge on any atom is -0.380 e. The van der Waals surface area contributed by atoms with Gasteiger partial charge in [-0.3, -0.25) is 0 Å². The third kappa shape index (κ3) is 3.31. The van der Waals surface area contributed by atoms with Gasteiger partial charge in [0.25, 0.3) is 0 Å². The number of hydrogen-bond acceptors (Lipinski definition) is 4. The fourth-order valence-corrected chi connectivity index (χ4v) is 2.60. The summed E-state index contributed by atoms with van der Waals surface area (Å²) in [5, 5.41) is 13.6. The van der Waals surface area contributed by atoms with Gasteiger partial charge < -0.3 is 10.1 Å². The first kappa shape index (κ1) is 15.0. The monoisotopic (exact) mass is 303 g/mol. The number of anilines is 1. The van der Waals surface area contributed by atoms with Crippen LogP contribution >= 0.6 is 0 Å². The molecule has 0 aliphatic rings. The lowest BCUT2D eigenvalue weighted by Gasteiger charge is -2.13.